The van der Waals surface area contributed by atoms with Gasteiger partial charge in [0.05, 0.1) is 5.52 Å². The molecule has 22 heavy (non-hydrogen) atoms. The zero-order valence-corrected chi connectivity index (χ0v) is 15.8. The Kier molecular flexibility index (Phi) is 4.02. The van der Waals surface area contributed by atoms with E-state index in [1.807, 2.05) is 6.07 Å². The summed E-state index contributed by atoms with van der Waals surface area (Å²) in [6, 6.07) is 4.13. The van der Waals surface area contributed by atoms with Crippen LogP contribution in [-0.2, 0) is 5.41 Å². The Morgan fingerprint density at radius 1 is 1.14 bits per heavy atom. The third kappa shape index (κ3) is 2.91. The lowest BCUT2D eigenvalue weighted by Gasteiger charge is -2.12. The summed E-state index contributed by atoms with van der Waals surface area (Å²) in [4.78, 5) is 8.75. The first-order valence-corrected chi connectivity index (χ1v) is 8.76. The number of hydrogen-bond acceptors (Lipinski definition) is 6. The van der Waals surface area contributed by atoms with E-state index in [2.05, 4.69) is 81.8 Å². The summed E-state index contributed by atoms with van der Waals surface area (Å²) in [5, 5.41) is 14.5. The Bertz CT molecular complexity index is 838. The maximum absolute atomic E-state index is 4.40. The fraction of sp³-hybridized carbons (Fsp3) is 0.333. The van der Waals surface area contributed by atoms with Crippen LogP contribution in [0.25, 0.3) is 10.9 Å². The standard InChI is InChI=1S/C15H16IN5S/c1-8-5-6-9-11(10(8)16)17-7-18-12(9)19-14-21-20-13(22-14)15(2,3)4/h5-7H,1-4H3,(H,17,18,19,21). The molecule has 0 aliphatic carbocycles. The van der Waals surface area contributed by atoms with Gasteiger partial charge in [0.2, 0.25) is 5.13 Å². The molecule has 2 heterocycles. The highest BCUT2D eigenvalue weighted by Gasteiger charge is 2.20. The largest absolute Gasteiger partial charge is 0.314 e. The number of fused-ring (bicyclic) bond motifs is 1. The smallest absolute Gasteiger partial charge is 0.211 e. The topological polar surface area (TPSA) is 63.6 Å². The summed E-state index contributed by atoms with van der Waals surface area (Å²) >= 11 is 3.88. The highest BCUT2D eigenvalue weighted by molar-refractivity contribution is 14.1. The third-order valence-corrected chi connectivity index (χ3v) is 5.86. The van der Waals surface area contributed by atoms with Gasteiger partial charge >= 0.3 is 0 Å². The summed E-state index contributed by atoms with van der Waals surface area (Å²) in [7, 11) is 0. The molecular formula is C15H16IN5S. The number of hydrogen-bond donors (Lipinski definition) is 1. The van der Waals surface area contributed by atoms with Gasteiger partial charge in [-0.2, -0.15) is 0 Å². The van der Waals surface area contributed by atoms with Crippen LogP contribution in [0.4, 0.5) is 10.9 Å². The molecule has 0 amide bonds. The molecule has 0 atom stereocenters. The van der Waals surface area contributed by atoms with Crippen molar-refractivity contribution in [2.45, 2.75) is 33.1 Å². The molecule has 0 spiro atoms. The van der Waals surface area contributed by atoms with Gasteiger partial charge in [0.1, 0.15) is 17.2 Å². The first-order chi connectivity index (χ1) is 10.4. The van der Waals surface area contributed by atoms with Gasteiger partial charge in [-0.1, -0.05) is 38.2 Å². The first kappa shape index (κ1) is 15.5. The van der Waals surface area contributed by atoms with Crippen molar-refractivity contribution in [3.05, 3.63) is 32.6 Å². The molecule has 2 aromatic heterocycles. The average Bonchev–Trinajstić information content (AvgIpc) is 2.92. The van der Waals surface area contributed by atoms with Crippen LogP contribution in [0.3, 0.4) is 0 Å². The van der Waals surface area contributed by atoms with Crippen molar-refractivity contribution < 1.29 is 0 Å². The molecule has 3 aromatic rings. The normalized spacial score (nSPS) is 11.9. The Morgan fingerprint density at radius 3 is 2.59 bits per heavy atom. The fourth-order valence-corrected chi connectivity index (χ4v) is 3.38. The summed E-state index contributed by atoms with van der Waals surface area (Å²) in [6.07, 6.45) is 1.58. The van der Waals surface area contributed by atoms with Crippen LogP contribution in [0, 0.1) is 10.5 Å². The molecule has 0 aliphatic heterocycles. The molecule has 7 heteroatoms. The Morgan fingerprint density at radius 2 is 1.91 bits per heavy atom. The number of halogens is 1. The monoisotopic (exact) mass is 425 g/mol. The van der Waals surface area contributed by atoms with E-state index in [4.69, 9.17) is 0 Å². The average molecular weight is 425 g/mol. The molecule has 114 valence electrons. The zero-order valence-electron chi connectivity index (χ0n) is 12.8. The van der Waals surface area contributed by atoms with Crippen molar-refractivity contribution in [3.8, 4) is 0 Å². The van der Waals surface area contributed by atoms with E-state index < -0.39 is 0 Å². The van der Waals surface area contributed by atoms with Crippen molar-refractivity contribution >= 4 is 55.8 Å². The molecular weight excluding hydrogens is 409 g/mol. The SMILES string of the molecule is Cc1ccc2c(Nc3nnc(C(C)(C)C)s3)ncnc2c1I. The van der Waals surface area contributed by atoms with Crippen LogP contribution in [0.1, 0.15) is 31.3 Å². The van der Waals surface area contributed by atoms with Gasteiger partial charge < -0.3 is 5.32 Å². The van der Waals surface area contributed by atoms with Crippen molar-refractivity contribution in [2.24, 2.45) is 0 Å². The molecule has 0 radical (unpaired) electrons. The van der Waals surface area contributed by atoms with Crippen molar-refractivity contribution in [1.29, 1.82) is 0 Å². The Balaban J connectivity index is 2.01. The minimum atomic E-state index is -0.00216. The predicted molar refractivity (Wildman–Crippen MR) is 98.9 cm³/mol. The second-order valence-electron chi connectivity index (χ2n) is 6.10. The number of nitrogens with zero attached hydrogens (tertiary/aromatic N) is 4. The minimum Gasteiger partial charge on any atom is -0.314 e. The quantitative estimate of drug-likeness (QED) is 0.616. The summed E-state index contributed by atoms with van der Waals surface area (Å²) < 4.78 is 1.15. The molecule has 0 saturated heterocycles. The van der Waals surface area contributed by atoms with E-state index >= 15 is 0 Å². The fourth-order valence-electron chi connectivity index (χ4n) is 1.97. The van der Waals surface area contributed by atoms with Gasteiger partial charge in [0.25, 0.3) is 0 Å². The van der Waals surface area contributed by atoms with Gasteiger partial charge in [-0.25, -0.2) is 9.97 Å². The Labute approximate surface area is 146 Å². The maximum Gasteiger partial charge on any atom is 0.211 e. The molecule has 1 aromatic carbocycles. The van der Waals surface area contributed by atoms with E-state index in [1.54, 1.807) is 17.7 Å². The lowest BCUT2D eigenvalue weighted by Crippen LogP contribution is -2.10. The van der Waals surface area contributed by atoms with Gasteiger partial charge in [-0.05, 0) is 41.1 Å². The highest BCUT2D eigenvalue weighted by Crippen LogP contribution is 2.31. The number of anilines is 2. The molecule has 1 N–H and O–H groups in total. The van der Waals surface area contributed by atoms with Crippen LogP contribution in [-0.4, -0.2) is 20.2 Å². The number of rotatable bonds is 2. The second-order valence-corrected chi connectivity index (χ2v) is 8.16. The summed E-state index contributed by atoms with van der Waals surface area (Å²) in [6.45, 7) is 8.46. The number of aryl methyl sites for hydroxylation is 1. The molecule has 0 fully saturated rings. The molecule has 3 rings (SSSR count). The molecule has 0 aliphatic rings. The molecule has 5 nitrogen and oxygen atoms in total. The predicted octanol–water partition coefficient (Wildman–Crippen LogP) is 4.44. The van der Waals surface area contributed by atoms with Gasteiger partial charge in [-0.15, -0.1) is 10.2 Å². The van der Waals surface area contributed by atoms with Crippen LogP contribution >= 0.6 is 33.9 Å². The minimum absolute atomic E-state index is 0.00216. The van der Waals surface area contributed by atoms with Crippen LogP contribution in [0.15, 0.2) is 18.5 Å². The van der Waals surface area contributed by atoms with E-state index in [0.29, 0.717) is 0 Å². The van der Waals surface area contributed by atoms with E-state index in [-0.39, 0.29) is 5.41 Å². The molecule has 0 saturated carbocycles. The van der Waals surface area contributed by atoms with Crippen LogP contribution < -0.4 is 5.32 Å². The van der Waals surface area contributed by atoms with Crippen LogP contribution in [0.2, 0.25) is 0 Å². The number of nitrogens with one attached hydrogen (secondary N) is 1. The lowest BCUT2D eigenvalue weighted by atomic mass is 9.98. The van der Waals surface area contributed by atoms with E-state index in [9.17, 15) is 0 Å². The zero-order chi connectivity index (χ0) is 15.9. The van der Waals surface area contributed by atoms with Crippen molar-refractivity contribution in [2.75, 3.05) is 5.32 Å². The second kappa shape index (κ2) is 5.69. The van der Waals surface area contributed by atoms with Gasteiger partial charge in [-0.3, -0.25) is 0 Å². The first-order valence-electron chi connectivity index (χ1n) is 6.87. The number of benzene rings is 1. The number of aromatic nitrogens is 4. The maximum atomic E-state index is 4.40. The van der Waals surface area contributed by atoms with Crippen molar-refractivity contribution in [3.63, 3.8) is 0 Å². The van der Waals surface area contributed by atoms with Gasteiger partial charge in [0, 0.05) is 14.4 Å². The highest BCUT2D eigenvalue weighted by atomic mass is 127. The summed E-state index contributed by atoms with van der Waals surface area (Å²) in [5.74, 6) is 0.763. The van der Waals surface area contributed by atoms with Crippen molar-refractivity contribution in [1.82, 2.24) is 20.2 Å². The molecule has 0 bridgehead atoms. The van der Waals surface area contributed by atoms with Crippen LogP contribution in [0.5, 0.6) is 0 Å². The Hall–Kier alpha value is -1.35. The lowest BCUT2D eigenvalue weighted by molar-refractivity contribution is 0.578. The van der Waals surface area contributed by atoms with E-state index in [0.717, 1.165) is 30.4 Å². The molecule has 0 unspecified atom stereocenters. The van der Waals surface area contributed by atoms with Gasteiger partial charge in [0.15, 0.2) is 0 Å². The third-order valence-electron chi connectivity index (χ3n) is 3.23. The summed E-state index contributed by atoms with van der Waals surface area (Å²) in [5.41, 5.74) is 2.17. The van der Waals surface area contributed by atoms with E-state index in [1.165, 1.54) is 5.56 Å².